The maximum atomic E-state index is 12.6. The van der Waals surface area contributed by atoms with Crippen LogP contribution in [0.3, 0.4) is 0 Å². The minimum absolute atomic E-state index is 0.0129. The molecule has 0 radical (unpaired) electrons. The molecule has 1 aliphatic carbocycles. The zero-order chi connectivity index (χ0) is 21.2. The summed E-state index contributed by atoms with van der Waals surface area (Å²) in [5.74, 6) is 1.02. The van der Waals surface area contributed by atoms with E-state index in [1.54, 1.807) is 6.07 Å². The smallest absolute Gasteiger partial charge is 0.263 e. The lowest BCUT2D eigenvalue weighted by molar-refractivity contribution is -0.127. The Hall–Kier alpha value is -1.41. The molecular weight excluding hydrogens is 408 g/mol. The minimum atomic E-state index is -3.53. The van der Waals surface area contributed by atoms with E-state index in [0.29, 0.717) is 23.2 Å². The standard InChI is InChI=1S/C21H32N2O4S2/c1-21(2,3)15-9-10-18-17(13-15)23(29(4,25)26)14-19(27-18)20(24)22-11-12-28-16-7-5-6-8-16/h9-10,13,16,19H,5-8,11-12,14H2,1-4H3,(H,22,24)/t19-/m0/s1. The molecule has 1 N–H and O–H groups in total. The molecule has 162 valence electrons. The molecule has 8 heteroatoms. The van der Waals surface area contributed by atoms with Crippen molar-refractivity contribution in [2.24, 2.45) is 0 Å². The summed E-state index contributed by atoms with van der Waals surface area (Å²) in [7, 11) is -3.53. The number of carbonyl (C=O) groups is 1. The first-order valence-corrected chi connectivity index (χ1v) is 13.1. The summed E-state index contributed by atoms with van der Waals surface area (Å²) < 4.78 is 32.0. The van der Waals surface area contributed by atoms with E-state index in [9.17, 15) is 13.2 Å². The number of ether oxygens (including phenoxy) is 1. The van der Waals surface area contributed by atoms with Gasteiger partial charge in [0.25, 0.3) is 5.91 Å². The van der Waals surface area contributed by atoms with Gasteiger partial charge in [-0.3, -0.25) is 9.10 Å². The van der Waals surface area contributed by atoms with Gasteiger partial charge >= 0.3 is 0 Å². The number of nitrogens with zero attached hydrogens (tertiary/aromatic N) is 1. The number of nitrogens with one attached hydrogen (secondary N) is 1. The number of hydrogen-bond acceptors (Lipinski definition) is 5. The molecule has 0 saturated heterocycles. The van der Waals surface area contributed by atoms with E-state index in [-0.39, 0.29) is 17.9 Å². The van der Waals surface area contributed by atoms with Gasteiger partial charge in [-0.25, -0.2) is 8.42 Å². The first kappa shape index (κ1) is 22.3. The van der Waals surface area contributed by atoms with Crippen molar-refractivity contribution in [2.45, 2.75) is 63.2 Å². The van der Waals surface area contributed by atoms with Crippen molar-refractivity contribution < 1.29 is 17.9 Å². The van der Waals surface area contributed by atoms with Crippen molar-refractivity contribution >= 4 is 33.4 Å². The van der Waals surface area contributed by atoms with Crippen LogP contribution in [0.4, 0.5) is 5.69 Å². The van der Waals surface area contributed by atoms with Crippen LogP contribution in [0.25, 0.3) is 0 Å². The highest BCUT2D eigenvalue weighted by Crippen LogP contribution is 2.38. The summed E-state index contributed by atoms with van der Waals surface area (Å²) in [5, 5.41) is 3.62. The summed E-state index contributed by atoms with van der Waals surface area (Å²) in [6.07, 6.45) is 5.45. The Morgan fingerprint density at radius 3 is 2.59 bits per heavy atom. The fourth-order valence-corrected chi connectivity index (χ4v) is 5.86. The Labute approximate surface area is 178 Å². The van der Waals surface area contributed by atoms with E-state index in [1.807, 2.05) is 23.9 Å². The molecular formula is C21H32N2O4S2. The highest BCUT2D eigenvalue weighted by atomic mass is 32.2. The largest absolute Gasteiger partial charge is 0.476 e. The SMILES string of the molecule is CC(C)(C)c1ccc2c(c1)N(S(C)(=O)=O)C[C@@H](C(=O)NCCSC1CCCC1)O2. The third-order valence-corrected chi connectivity index (χ3v) is 7.97. The van der Waals surface area contributed by atoms with Crippen LogP contribution in [-0.4, -0.2) is 50.8 Å². The van der Waals surface area contributed by atoms with Crippen LogP contribution in [0.15, 0.2) is 18.2 Å². The number of thioether (sulfide) groups is 1. The summed E-state index contributed by atoms with van der Waals surface area (Å²) in [4.78, 5) is 12.6. The van der Waals surface area contributed by atoms with Gasteiger partial charge in [0.2, 0.25) is 10.0 Å². The van der Waals surface area contributed by atoms with Crippen molar-refractivity contribution in [3.05, 3.63) is 23.8 Å². The molecule has 6 nitrogen and oxygen atoms in total. The molecule has 1 aromatic rings. The predicted molar refractivity (Wildman–Crippen MR) is 119 cm³/mol. The van der Waals surface area contributed by atoms with Crippen LogP contribution in [0.5, 0.6) is 5.75 Å². The van der Waals surface area contributed by atoms with Crippen molar-refractivity contribution in [3.8, 4) is 5.75 Å². The molecule has 1 aromatic carbocycles. The lowest BCUT2D eigenvalue weighted by Gasteiger charge is -2.35. The van der Waals surface area contributed by atoms with Crippen LogP contribution in [0.2, 0.25) is 0 Å². The molecule has 29 heavy (non-hydrogen) atoms. The Kier molecular flexibility index (Phi) is 6.73. The Morgan fingerprint density at radius 1 is 1.28 bits per heavy atom. The van der Waals surface area contributed by atoms with Gasteiger partial charge in [-0.2, -0.15) is 11.8 Å². The van der Waals surface area contributed by atoms with Crippen LogP contribution < -0.4 is 14.4 Å². The van der Waals surface area contributed by atoms with E-state index >= 15 is 0 Å². The molecule has 0 spiro atoms. The van der Waals surface area contributed by atoms with Crippen LogP contribution in [0, 0.1) is 0 Å². The normalized spacial score (nSPS) is 20.3. The molecule has 1 aliphatic heterocycles. The molecule has 0 unspecified atom stereocenters. The number of carbonyl (C=O) groups excluding carboxylic acids is 1. The predicted octanol–water partition coefficient (Wildman–Crippen LogP) is 3.30. The van der Waals surface area contributed by atoms with Crippen LogP contribution in [-0.2, 0) is 20.2 Å². The van der Waals surface area contributed by atoms with Gasteiger partial charge in [-0.05, 0) is 36.0 Å². The fraction of sp³-hybridized carbons (Fsp3) is 0.667. The summed E-state index contributed by atoms with van der Waals surface area (Å²) in [6.45, 7) is 6.77. The van der Waals surface area contributed by atoms with E-state index in [0.717, 1.165) is 11.3 Å². The average Bonchev–Trinajstić information content (AvgIpc) is 3.15. The lowest BCUT2D eigenvalue weighted by Crippen LogP contribution is -2.50. The molecule has 1 atom stereocenters. The van der Waals surface area contributed by atoms with E-state index < -0.39 is 16.1 Å². The topological polar surface area (TPSA) is 75.7 Å². The zero-order valence-corrected chi connectivity index (χ0v) is 19.4. The highest BCUT2D eigenvalue weighted by molar-refractivity contribution is 7.99. The van der Waals surface area contributed by atoms with Gasteiger partial charge in [0.05, 0.1) is 18.5 Å². The monoisotopic (exact) mass is 440 g/mol. The van der Waals surface area contributed by atoms with Gasteiger partial charge < -0.3 is 10.1 Å². The number of hydrogen-bond donors (Lipinski definition) is 1. The van der Waals surface area contributed by atoms with E-state index in [2.05, 4.69) is 26.1 Å². The maximum Gasteiger partial charge on any atom is 0.263 e. The summed E-state index contributed by atoms with van der Waals surface area (Å²) in [5.41, 5.74) is 1.39. The second-order valence-electron chi connectivity index (χ2n) is 8.90. The number of benzene rings is 1. The van der Waals surface area contributed by atoms with Crippen LogP contribution >= 0.6 is 11.8 Å². The molecule has 2 aliphatic rings. The third-order valence-electron chi connectivity index (χ3n) is 5.44. The number of rotatable bonds is 6. The minimum Gasteiger partial charge on any atom is -0.476 e. The lowest BCUT2D eigenvalue weighted by atomic mass is 9.86. The van der Waals surface area contributed by atoms with Crippen molar-refractivity contribution in [3.63, 3.8) is 0 Å². The molecule has 1 amide bonds. The molecule has 0 bridgehead atoms. The van der Waals surface area contributed by atoms with Gasteiger partial charge in [-0.15, -0.1) is 0 Å². The fourth-order valence-electron chi connectivity index (χ4n) is 3.74. The molecule has 1 heterocycles. The Morgan fingerprint density at radius 2 is 1.97 bits per heavy atom. The average molecular weight is 441 g/mol. The molecule has 1 fully saturated rings. The van der Waals surface area contributed by atoms with Crippen LogP contribution in [0.1, 0.15) is 52.0 Å². The van der Waals surface area contributed by atoms with Gasteiger partial charge in [0, 0.05) is 17.5 Å². The quantitative estimate of drug-likeness (QED) is 0.687. The summed E-state index contributed by atoms with van der Waals surface area (Å²) in [6, 6.07) is 5.55. The summed E-state index contributed by atoms with van der Waals surface area (Å²) >= 11 is 1.91. The van der Waals surface area contributed by atoms with Gasteiger partial charge in [0.1, 0.15) is 5.75 Å². The van der Waals surface area contributed by atoms with Crippen molar-refractivity contribution in [1.29, 1.82) is 0 Å². The van der Waals surface area contributed by atoms with Gasteiger partial charge in [-0.1, -0.05) is 39.7 Å². The van der Waals surface area contributed by atoms with Gasteiger partial charge in [0.15, 0.2) is 6.10 Å². The van der Waals surface area contributed by atoms with E-state index in [4.69, 9.17) is 4.74 Å². The first-order valence-electron chi connectivity index (χ1n) is 10.2. The number of sulfonamides is 1. The molecule has 1 saturated carbocycles. The first-order chi connectivity index (χ1) is 13.6. The van der Waals surface area contributed by atoms with E-state index in [1.165, 1.54) is 36.2 Å². The number of anilines is 1. The Balaban J connectivity index is 1.68. The number of amides is 1. The molecule has 3 rings (SSSR count). The highest BCUT2D eigenvalue weighted by Gasteiger charge is 2.35. The number of fused-ring (bicyclic) bond motifs is 1. The van der Waals surface area contributed by atoms with Crippen molar-refractivity contribution in [2.75, 3.05) is 29.4 Å². The molecule has 0 aromatic heterocycles. The second kappa shape index (κ2) is 8.76. The maximum absolute atomic E-state index is 12.6. The Bertz CT molecular complexity index is 843. The third kappa shape index (κ3) is 5.60. The zero-order valence-electron chi connectivity index (χ0n) is 17.7. The second-order valence-corrected chi connectivity index (χ2v) is 12.2. The van der Waals surface area contributed by atoms with Crippen molar-refractivity contribution in [1.82, 2.24) is 5.32 Å².